The zero-order valence-corrected chi connectivity index (χ0v) is 7.91. The van der Waals surface area contributed by atoms with Crippen LogP contribution in [0.15, 0.2) is 30.6 Å². The number of carbonyl (C=O) groups is 1. The molecule has 1 aromatic carbocycles. The lowest BCUT2D eigenvalue weighted by atomic mass is 10.1. The van der Waals surface area contributed by atoms with Crippen molar-refractivity contribution in [3.05, 3.63) is 36.2 Å². The van der Waals surface area contributed by atoms with Crippen LogP contribution in [0.5, 0.6) is 0 Å². The predicted octanol–water partition coefficient (Wildman–Crippen LogP) is 2.34. The molecule has 0 aliphatic rings. The van der Waals surface area contributed by atoms with Crippen LogP contribution in [0.25, 0.3) is 10.8 Å². The summed E-state index contributed by atoms with van der Waals surface area (Å²) in [4.78, 5) is 14.4. The summed E-state index contributed by atoms with van der Waals surface area (Å²) < 4.78 is 4.90. The summed E-state index contributed by atoms with van der Waals surface area (Å²) in [5.74, 6) is -0.268. The molecule has 0 amide bonds. The zero-order valence-electron chi connectivity index (χ0n) is 7.91. The normalized spacial score (nSPS) is 10.4. The van der Waals surface area contributed by atoms with E-state index >= 15 is 0 Å². The minimum atomic E-state index is -0.268. The van der Waals surface area contributed by atoms with Crippen molar-refractivity contribution >= 4 is 16.7 Å². The summed E-state index contributed by atoms with van der Waals surface area (Å²) in [6.45, 7) is 2.21. The van der Waals surface area contributed by atoms with E-state index in [0.29, 0.717) is 12.2 Å². The number of aromatic nitrogens is 1. The lowest BCUT2D eigenvalue weighted by Gasteiger charge is -2.00. The Hall–Kier alpha value is -1.77. The largest absolute Gasteiger partial charge is 0.462 e. The van der Waals surface area contributed by atoms with E-state index in [2.05, 4.69) is 4.98 Å². The Balaban J connectivity index is 2.38. The summed E-state index contributed by atoms with van der Waals surface area (Å²) in [5, 5.41) is 2.12. The molecule has 0 atom stereocenters. The Morgan fingerprint density at radius 3 is 2.93 bits per heavy atom. The number of rotatable bonds is 2. The maximum Gasteiger partial charge on any atom is 0.338 e. The molecule has 0 radical (unpaired) electrons. The number of nitrogens with one attached hydrogen (secondary N) is 1. The molecule has 0 saturated carbocycles. The van der Waals surface area contributed by atoms with E-state index in [9.17, 15) is 4.79 Å². The van der Waals surface area contributed by atoms with E-state index in [4.69, 9.17) is 4.74 Å². The van der Waals surface area contributed by atoms with Crippen molar-refractivity contribution in [3.63, 3.8) is 0 Å². The molecular formula is C11H11NO2. The molecule has 2 rings (SSSR count). The van der Waals surface area contributed by atoms with Gasteiger partial charge in [-0.25, -0.2) is 4.79 Å². The quantitative estimate of drug-likeness (QED) is 0.737. The average molecular weight is 189 g/mol. The zero-order chi connectivity index (χ0) is 9.97. The van der Waals surface area contributed by atoms with Crippen molar-refractivity contribution < 1.29 is 9.53 Å². The minimum Gasteiger partial charge on any atom is -0.462 e. The van der Waals surface area contributed by atoms with Crippen LogP contribution in [0.1, 0.15) is 17.3 Å². The van der Waals surface area contributed by atoms with Gasteiger partial charge in [-0.2, -0.15) is 0 Å². The van der Waals surface area contributed by atoms with Gasteiger partial charge in [0.1, 0.15) is 0 Å². The fourth-order valence-corrected chi connectivity index (χ4v) is 1.39. The second kappa shape index (κ2) is 3.54. The highest BCUT2D eigenvalue weighted by Crippen LogP contribution is 2.15. The lowest BCUT2D eigenvalue weighted by molar-refractivity contribution is 0.0526. The van der Waals surface area contributed by atoms with Crippen LogP contribution in [0.2, 0.25) is 0 Å². The first kappa shape index (κ1) is 8.81. The monoisotopic (exact) mass is 189 g/mol. The molecule has 0 aliphatic carbocycles. The summed E-state index contributed by atoms with van der Waals surface area (Å²) >= 11 is 0. The highest BCUT2D eigenvalue weighted by atomic mass is 16.5. The average Bonchev–Trinajstić information content (AvgIpc) is 2.64. The molecule has 3 nitrogen and oxygen atoms in total. The van der Waals surface area contributed by atoms with Gasteiger partial charge in [0.2, 0.25) is 0 Å². The van der Waals surface area contributed by atoms with E-state index in [1.54, 1.807) is 13.0 Å². The molecular weight excluding hydrogens is 178 g/mol. The Bertz CT molecular complexity index is 459. The number of aromatic amines is 1. The van der Waals surface area contributed by atoms with Gasteiger partial charge in [-0.15, -0.1) is 0 Å². The second-order valence-electron chi connectivity index (χ2n) is 3.02. The highest BCUT2D eigenvalue weighted by Gasteiger charge is 2.06. The number of fused-ring (bicyclic) bond motifs is 1. The summed E-state index contributed by atoms with van der Waals surface area (Å²) in [7, 11) is 0. The standard InChI is InChI=1S/C11H11NO2/c1-2-14-11(13)8-3-4-9-6-12-7-10(9)5-8/h3-7,12H,2H2,1H3. The van der Waals surface area contributed by atoms with Gasteiger partial charge in [-0.05, 0) is 29.8 Å². The third-order valence-electron chi connectivity index (χ3n) is 2.08. The molecule has 0 bridgehead atoms. The maximum absolute atomic E-state index is 11.4. The minimum absolute atomic E-state index is 0.268. The maximum atomic E-state index is 11.4. The van der Waals surface area contributed by atoms with Crippen LogP contribution < -0.4 is 0 Å². The molecule has 0 saturated heterocycles. The van der Waals surface area contributed by atoms with Gasteiger partial charge in [0.25, 0.3) is 0 Å². The van der Waals surface area contributed by atoms with Crippen molar-refractivity contribution in [1.29, 1.82) is 0 Å². The van der Waals surface area contributed by atoms with Gasteiger partial charge in [0.05, 0.1) is 12.2 Å². The van der Waals surface area contributed by atoms with Crippen LogP contribution in [0.4, 0.5) is 0 Å². The van der Waals surface area contributed by atoms with Gasteiger partial charge in [0, 0.05) is 12.4 Å². The lowest BCUT2D eigenvalue weighted by Crippen LogP contribution is -2.03. The molecule has 0 aliphatic heterocycles. The number of hydrogen-bond donors (Lipinski definition) is 1. The van der Waals surface area contributed by atoms with Gasteiger partial charge >= 0.3 is 5.97 Å². The van der Waals surface area contributed by atoms with Gasteiger partial charge in [-0.3, -0.25) is 0 Å². The summed E-state index contributed by atoms with van der Waals surface area (Å²) in [6.07, 6.45) is 3.75. The molecule has 2 aromatic rings. The summed E-state index contributed by atoms with van der Waals surface area (Å²) in [5.41, 5.74) is 0.596. The molecule has 14 heavy (non-hydrogen) atoms. The van der Waals surface area contributed by atoms with E-state index in [1.807, 2.05) is 24.5 Å². The van der Waals surface area contributed by atoms with Gasteiger partial charge < -0.3 is 9.72 Å². The molecule has 72 valence electrons. The molecule has 1 aromatic heterocycles. The van der Waals surface area contributed by atoms with Crippen LogP contribution >= 0.6 is 0 Å². The first-order valence-electron chi connectivity index (χ1n) is 4.55. The molecule has 1 N–H and O–H groups in total. The first-order chi connectivity index (χ1) is 6.81. The number of ether oxygens (including phenoxy) is 1. The smallest absolute Gasteiger partial charge is 0.338 e. The van der Waals surface area contributed by atoms with Crippen molar-refractivity contribution in [2.75, 3.05) is 6.61 Å². The molecule has 0 unspecified atom stereocenters. The third-order valence-corrected chi connectivity index (χ3v) is 2.08. The van der Waals surface area contributed by atoms with Gasteiger partial charge in [-0.1, -0.05) is 6.07 Å². The van der Waals surface area contributed by atoms with Gasteiger partial charge in [0.15, 0.2) is 0 Å². The van der Waals surface area contributed by atoms with Crippen molar-refractivity contribution in [2.45, 2.75) is 6.92 Å². The summed E-state index contributed by atoms with van der Waals surface area (Å²) in [6, 6.07) is 5.50. The fraction of sp³-hybridized carbons (Fsp3) is 0.182. The van der Waals surface area contributed by atoms with Crippen molar-refractivity contribution in [3.8, 4) is 0 Å². The van der Waals surface area contributed by atoms with E-state index in [0.717, 1.165) is 10.8 Å². The van der Waals surface area contributed by atoms with Crippen molar-refractivity contribution in [1.82, 2.24) is 4.98 Å². The third kappa shape index (κ3) is 1.48. The SMILES string of the molecule is CCOC(=O)c1ccc2c[nH]cc2c1. The number of benzene rings is 1. The van der Waals surface area contributed by atoms with Crippen LogP contribution in [0, 0.1) is 0 Å². The van der Waals surface area contributed by atoms with Crippen molar-refractivity contribution in [2.24, 2.45) is 0 Å². The Labute approximate surface area is 81.7 Å². The number of hydrogen-bond acceptors (Lipinski definition) is 2. The molecule has 0 fully saturated rings. The number of H-pyrrole nitrogens is 1. The molecule has 0 spiro atoms. The van der Waals surface area contributed by atoms with E-state index in [1.165, 1.54) is 0 Å². The van der Waals surface area contributed by atoms with Crippen LogP contribution in [-0.2, 0) is 4.74 Å². The fourth-order valence-electron chi connectivity index (χ4n) is 1.39. The second-order valence-corrected chi connectivity index (χ2v) is 3.02. The molecule has 3 heteroatoms. The van der Waals surface area contributed by atoms with E-state index in [-0.39, 0.29) is 5.97 Å². The number of carbonyl (C=O) groups excluding carboxylic acids is 1. The first-order valence-corrected chi connectivity index (χ1v) is 4.55. The van der Waals surface area contributed by atoms with E-state index < -0.39 is 0 Å². The van der Waals surface area contributed by atoms with Crippen LogP contribution in [0.3, 0.4) is 0 Å². The topological polar surface area (TPSA) is 42.1 Å². The van der Waals surface area contributed by atoms with Crippen LogP contribution in [-0.4, -0.2) is 17.6 Å². The Kier molecular flexibility index (Phi) is 2.23. The molecule has 1 heterocycles. The predicted molar refractivity (Wildman–Crippen MR) is 54.3 cm³/mol. The Morgan fingerprint density at radius 1 is 1.36 bits per heavy atom. The number of esters is 1. The Morgan fingerprint density at radius 2 is 2.14 bits per heavy atom. The highest BCUT2D eigenvalue weighted by molar-refractivity contribution is 5.95.